The molecule has 2 saturated heterocycles. The number of amides is 1. The summed E-state index contributed by atoms with van der Waals surface area (Å²) in [6.45, 7) is 10.1. The molecule has 2 aliphatic rings. The lowest BCUT2D eigenvalue weighted by Crippen LogP contribution is -2.50. The lowest BCUT2D eigenvalue weighted by molar-refractivity contribution is -0.128. The van der Waals surface area contributed by atoms with Crippen LogP contribution in [0, 0.1) is 24.2 Å². The van der Waals surface area contributed by atoms with Crippen LogP contribution >= 0.6 is 0 Å². The van der Waals surface area contributed by atoms with E-state index in [1.165, 1.54) is 6.42 Å². The summed E-state index contributed by atoms with van der Waals surface area (Å²) < 4.78 is 5.25. The highest BCUT2D eigenvalue weighted by molar-refractivity contribution is 5.95. The first-order valence-corrected chi connectivity index (χ1v) is 9.25. The second-order valence-corrected chi connectivity index (χ2v) is 8.19. The van der Waals surface area contributed by atoms with Crippen LogP contribution in [0.3, 0.4) is 0 Å². The second kappa shape index (κ2) is 7.34. The van der Waals surface area contributed by atoms with Gasteiger partial charge in [-0.25, -0.2) is 0 Å². The zero-order valence-electron chi connectivity index (χ0n) is 15.5. The first-order chi connectivity index (χ1) is 11.9. The van der Waals surface area contributed by atoms with Crippen LogP contribution < -0.4 is 5.32 Å². The molecule has 0 spiro atoms. The van der Waals surface area contributed by atoms with Crippen LogP contribution in [0.4, 0.5) is 5.69 Å². The number of anilines is 1. The summed E-state index contributed by atoms with van der Waals surface area (Å²) in [5, 5.41) is 13.0. The van der Waals surface area contributed by atoms with Crippen molar-refractivity contribution < 1.29 is 14.6 Å². The fourth-order valence-corrected chi connectivity index (χ4v) is 3.88. The highest BCUT2D eigenvalue weighted by atomic mass is 16.5. The highest BCUT2D eigenvalue weighted by Crippen LogP contribution is 2.29. The molecule has 1 aromatic rings. The van der Waals surface area contributed by atoms with E-state index in [1.807, 2.05) is 30.0 Å². The van der Waals surface area contributed by atoms with E-state index >= 15 is 0 Å². The van der Waals surface area contributed by atoms with Crippen molar-refractivity contribution in [2.24, 2.45) is 17.3 Å². The Bertz CT molecular complexity index is 612. The van der Waals surface area contributed by atoms with Gasteiger partial charge in [0.15, 0.2) is 0 Å². The minimum atomic E-state index is -0.190. The monoisotopic (exact) mass is 346 g/mol. The SMILES string of the molecule is Cc1ccc(C(=O)N2CC(C)CC(C)C2)cc1NCC1(CO)COC1. The molecule has 0 aromatic heterocycles. The van der Waals surface area contributed by atoms with E-state index in [1.54, 1.807) is 0 Å². The van der Waals surface area contributed by atoms with Gasteiger partial charge in [0.2, 0.25) is 0 Å². The van der Waals surface area contributed by atoms with Gasteiger partial charge in [0, 0.05) is 30.9 Å². The summed E-state index contributed by atoms with van der Waals surface area (Å²) in [4.78, 5) is 14.9. The Kier molecular flexibility index (Phi) is 5.35. The first kappa shape index (κ1) is 18.2. The molecule has 0 radical (unpaired) electrons. The molecule has 5 heteroatoms. The average Bonchev–Trinajstić information content (AvgIpc) is 2.54. The third kappa shape index (κ3) is 3.98. The van der Waals surface area contributed by atoms with Crippen molar-refractivity contribution in [3.05, 3.63) is 29.3 Å². The van der Waals surface area contributed by atoms with Gasteiger partial charge in [0.05, 0.1) is 25.2 Å². The maximum Gasteiger partial charge on any atom is 0.253 e. The van der Waals surface area contributed by atoms with Gasteiger partial charge in [-0.3, -0.25) is 4.79 Å². The number of nitrogens with one attached hydrogen (secondary N) is 1. The second-order valence-electron chi connectivity index (χ2n) is 8.19. The maximum absolute atomic E-state index is 12.9. The number of nitrogens with zero attached hydrogens (tertiary/aromatic N) is 1. The lowest BCUT2D eigenvalue weighted by Gasteiger charge is -2.40. The summed E-state index contributed by atoms with van der Waals surface area (Å²) in [5.74, 6) is 1.22. The standard InChI is InChI=1S/C20H30N2O3/c1-14-6-15(2)9-22(8-14)19(24)17-5-4-16(3)18(7-17)21-10-20(11-23)12-25-13-20/h4-5,7,14-15,21,23H,6,8-13H2,1-3H3. The molecular weight excluding hydrogens is 316 g/mol. The first-order valence-electron chi connectivity index (χ1n) is 9.25. The molecule has 1 aromatic carbocycles. The van der Waals surface area contributed by atoms with Crippen molar-refractivity contribution in [1.82, 2.24) is 4.90 Å². The van der Waals surface area contributed by atoms with E-state index in [-0.39, 0.29) is 17.9 Å². The molecule has 0 bridgehead atoms. The largest absolute Gasteiger partial charge is 0.396 e. The van der Waals surface area contributed by atoms with Gasteiger partial charge in [0.25, 0.3) is 5.91 Å². The third-order valence-electron chi connectivity index (χ3n) is 5.45. The van der Waals surface area contributed by atoms with Crippen molar-refractivity contribution in [3.8, 4) is 0 Å². The molecule has 2 heterocycles. The van der Waals surface area contributed by atoms with Crippen LogP contribution in [0.5, 0.6) is 0 Å². The average molecular weight is 346 g/mol. The Morgan fingerprint density at radius 1 is 1.32 bits per heavy atom. The highest BCUT2D eigenvalue weighted by Gasteiger charge is 2.38. The van der Waals surface area contributed by atoms with E-state index in [4.69, 9.17) is 4.74 Å². The lowest BCUT2D eigenvalue weighted by atomic mass is 9.87. The fourth-order valence-electron chi connectivity index (χ4n) is 3.88. The smallest absolute Gasteiger partial charge is 0.253 e. The molecule has 0 saturated carbocycles. The molecule has 0 aliphatic carbocycles. The van der Waals surface area contributed by atoms with Crippen LogP contribution in [-0.4, -0.2) is 55.4 Å². The van der Waals surface area contributed by atoms with Crippen molar-refractivity contribution in [2.75, 3.05) is 44.8 Å². The van der Waals surface area contributed by atoms with Gasteiger partial charge in [0.1, 0.15) is 0 Å². The van der Waals surface area contributed by atoms with Gasteiger partial charge < -0.3 is 20.1 Å². The summed E-state index contributed by atoms with van der Waals surface area (Å²) in [6.07, 6.45) is 1.19. The number of aryl methyl sites for hydroxylation is 1. The van der Waals surface area contributed by atoms with Crippen LogP contribution in [0.15, 0.2) is 18.2 Å². The van der Waals surface area contributed by atoms with Gasteiger partial charge in [-0.05, 0) is 42.9 Å². The van der Waals surface area contributed by atoms with Crippen LogP contribution in [0.25, 0.3) is 0 Å². The molecule has 2 aliphatic heterocycles. The zero-order valence-corrected chi connectivity index (χ0v) is 15.5. The number of hydrogen-bond acceptors (Lipinski definition) is 4. The number of piperidine rings is 1. The molecular formula is C20H30N2O3. The number of likely N-dealkylation sites (tertiary alicyclic amines) is 1. The van der Waals surface area contributed by atoms with Gasteiger partial charge >= 0.3 is 0 Å². The molecule has 2 unspecified atom stereocenters. The maximum atomic E-state index is 12.9. The number of aliphatic hydroxyl groups is 1. The van der Waals surface area contributed by atoms with Crippen LogP contribution in [-0.2, 0) is 4.74 Å². The summed E-state index contributed by atoms with van der Waals surface area (Å²) in [6, 6.07) is 5.86. The summed E-state index contributed by atoms with van der Waals surface area (Å²) in [7, 11) is 0. The van der Waals surface area contributed by atoms with E-state index in [9.17, 15) is 9.90 Å². The van der Waals surface area contributed by atoms with Crippen molar-refractivity contribution in [1.29, 1.82) is 0 Å². The van der Waals surface area contributed by atoms with Gasteiger partial charge in [-0.15, -0.1) is 0 Å². The number of carbonyl (C=O) groups excluding carboxylic acids is 1. The Hall–Kier alpha value is -1.59. The molecule has 25 heavy (non-hydrogen) atoms. The Morgan fingerprint density at radius 3 is 2.56 bits per heavy atom. The van der Waals surface area contributed by atoms with Crippen LogP contribution in [0.1, 0.15) is 36.2 Å². The predicted molar refractivity (Wildman–Crippen MR) is 98.9 cm³/mol. The zero-order chi connectivity index (χ0) is 18.0. The van der Waals surface area contributed by atoms with Gasteiger partial charge in [-0.1, -0.05) is 19.9 Å². The molecule has 138 valence electrons. The minimum absolute atomic E-state index is 0.112. The third-order valence-corrected chi connectivity index (χ3v) is 5.45. The predicted octanol–water partition coefficient (Wildman–Crippen LogP) is 2.53. The van der Waals surface area contributed by atoms with Gasteiger partial charge in [-0.2, -0.15) is 0 Å². The summed E-state index contributed by atoms with van der Waals surface area (Å²) >= 11 is 0. The number of carbonyl (C=O) groups is 1. The van der Waals surface area contributed by atoms with E-state index in [2.05, 4.69) is 19.2 Å². The number of rotatable bonds is 5. The molecule has 2 fully saturated rings. The number of ether oxygens (including phenoxy) is 1. The number of benzene rings is 1. The Balaban J connectivity index is 1.71. The topological polar surface area (TPSA) is 61.8 Å². The Morgan fingerprint density at radius 2 is 2.00 bits per heavy atom. The molecule has 3 rings (SSSR count). The Labute approximate surface area is 150 Å². The molecule has 5 nitrogen and oxygen atoms in total. The fraction of sp³-hybridized carbons (Fsp3) is 0.650. The molecule has 2 N–H and O–H groups in total. The van der Waals surface area contributed by atoms with Crippen molar-refractivity contribution >= 4 is 11.6 Å². The van der Waals surface area contributed by atoms with Crippen molar-refractivity contribution in [3.63, 3.8) is 0 Å². The minimum Gasteiger partial charge on any atom is -0.396 e. The summed E-state index contributed by atoms with van der Waals surface area (Å²) in [5.41, 5.74) is 2.61. The number of hydrogen-bond donors (Lipinski definition) is 2. The molecule has 2 atom stereocenters. The van der Waals surface area contributed by atoms with Crippen molar-refractivity contribution in [2.45, 2.75) is 27.2 Å². The quantitative estimate of drug-likeness (QED) is 0.860. The molecule has 1 amide bonds. The normalized spacial score (nSPS) is 25.4. The van der Waals surface area contributed by atoms with E-state index < -0.39 is 0 Å². The van der Waals surface area contributed by atoms with E-state index in [0.717, 1.165) is 29.9 Å². The number of aliphatic hydroxyl groups excluding tert-OH is 1. The van der Waals surface area contributed by atoms with Crippen LogP contribution in [0.2, 0.25) is 0 Å². The van der Waals surface area contributed by atoms with E-state index in [0.29, 0.717) is 31.6 Å².